The minimum Gasteiger partial charge on any atom is -0.497 e. The lowest BCUT2D eigenvalue weighted by Gasteiger charge is -2.00. The topological polar surface area (TPSA) is 61.6 Å². The summed E-state index contributed by atoms with van der Waals surface area (Å²) in [5, 5.41) is 0. The molecule has 21 heavy (non-hydrogen) atoms. The number of carbonyl (C=O) groups excluding carboxylic acids is 1. The zero-order chi connectivity index (χ0) is 14.8. The van der Waals surface area contributed by atoms with Crippen LogP contribution in [0.5, 0.6) is 5.75 Å². The molecule has 0 N–H and O–H groups in total. The highest BCUT2D eigenvalue weighted by atomic mass is 16.5. The van der Waals surface area contributed by atoms with Crippen molar-refractivity contribution in [2.75, 3.05) is 13.7 Å². The van der Waals surface area contributed by atoms with Crippen LogP contribution in [0.2, 0.25) is 0 Å². The maximum atomic E-state index is 12.0. The molecule has 0 atom stereocenters. The quantitative estimate of drug-likeness (QED) is 0.789. The SMILES string of the molecule is CCOC(=O)c1oc(-c2cccc(OC)c2)nc1C1CC1. The molecule has 1 aromatic carbocycles. The number of methoxy groups -OCH3 is 1. The number of hydrogen-bond donors (Lipinski definition) is 0. The van der Waals surface area contributed by atoms with E-state index in [1.54, 1.807) is 14.0 Å². The highest BCUT2D eigenvalue weighted by Crippen LogP contribution is 2.42. The van der Waals surface area contributed by atoms with Crippen LogP contribution in [0.4, 0.5) is 0 Å². The van der Waals surface area contributed by atoms with Gasteiger partial charge in [0.15, 0.2) is 0 Å². The molecule has 5 heteroatoms. The minimum absolute atomic E-state index is 0.233. The molecule has 0 saturated heterocycles. The molecule has 2 aromatic rings. The average Bonchev–Trinajstić information content (AvgIpc) is 3.26. The molecular weight excluding hydrogens is 270 g/mol. The minimum atomic E-state index is -0.443. The van der Waals surface area contributed by atoms with Crippen molar-refractivity contribution in [3.05, 3.63) is 35.7 Å². The molecule has 0 radical (unpaired) electrons. The summed E-state index contributed by atoms with van der Waals surface area (Å²) in [6, 6.07) is 7.41. The number of hydrogen-bond acceptors (Lipinski definition) is 5. The smallest absolute Gasteiger partial charge is 0.376 e. The van der Waals surface area contributed by atoms with E-state index in [9.17, 15) is 4.79 Å². The molecule has 0 aliphatic heterocycles. The van der Waals surface area contributed by atoms with Gasteiger partial charge in [-0.1, -0.05) is 6.07 Å². The molecule has 5 nitrogen and oxygen atoms in total. The number of aromatic nitrogens is 1. The fourth-order valence-electron chi connectivity index (χ4n) is 2.19. The summed E-state index contributed by atoms with van der Waals surface area (Å²) in [5.74, 6) is 1.25. The Balaban J connectivity index is 1.99. The van der Waals surface area contributed by atoms with Gasteiger partial charge < -0.3 is 13.9 Å². The van der Waals surface area contributed by atoms with Gasteiger partial charge in [0, 0.05) is 11.5 Å². The standard InChI is InChI=1S/C16H17NO4/c1-3-20-16(18)14-13(10-7-8-10)17-15(21-14)11-5-4-6-12(9-11)19-2/h4-6,9-10H,3,7-8H2,1-2H3. The number of rotatable bonds is 5. The number of esters is 1. The van der Waals surface area contributed by atoms with Gasteiger partial charge in [-0.15, -0.1) is 0 Å². The summed E-state index contributed by atoms with van der Waals surface area (Å²) in [6.07, 6.45) is 2.08. The highest BCUT2D eigenvalue weighted by Gasteiger charge is 2.34. The summed E-state index contributed by atoms with van der Waals surface area (Å²) in [4.78, 5) is 16.5. The summed E-state index contributed by atoms with van der Waals surface area (Å²) < 4.78 is 15.9. The van der Waals surface area contributed by atoms with Crippen molar-refractivity contribution in [2.45, 2.75) is 25.7 Å². The molecule has 0 unspecified atom stereocenters. The summed E-state index contributed by atoms with van der Waals surface area (Å²) >= 11 is 0. The molecule has 3 rings (SSSR count). The third-order valence-corrected chi connectivity index (χ3v) is 3.39. The van der Waals surface area contributed by atoms with Crippen molar-refractivity contribution in [1.29, 1.82) is 0 Å². The van der Waals surface area contributed by atoms with Crippen LogP contribution in [0.15, 0.2) is 28.7 Å². The number of carbonyl (C=O) groups is 1. The lowest BCUT2D eigenvalue weighted by molar-refractivity contribution is 0.0489. The number of nitrogens with zero attached hydrogens (tertiary/aromatic N) is 1. The summed E-state index contributed by atoms with van der Waals surface area (Å²) in [7, 11) is 1.61. The molecule has 1 aromatic heterocycles. The Morgan fingerprint density at radius 3 is 2.90 bits per heavy atom. The van der Waals surface area contributed by atoms with Crippen molar-refractivity contribution in [3.8, 4) is 17.2 Å². The first-order valence-electron chi connectivity index (χ1n) is 7.05. The first-order valence-corrected chi connectivity index (χ1v) is 7.05. The van der Waals surface area contributed by atoms with Gasteiger partial charge in [-0.05, 0) is 38.0 Å². The first kappa shape index (κ1) is 13.7. The van der Waals surface area contributed by atoms with Gasteiger partial charge in [0.05, 0.1) is 19.4 Å². The van der Waals surface area contributed by atoms with Gasteiger partial charge in [0.25, 0.3) is 0 Å². The lowest BCUT2D eigenvalue weighted by Crippen LogP contribution is -2.05. The van der Waals surface area contributed by atoms with Crippen molar-refractivity contribution >= 4 is 5.97 Å². The number of ether oxygens (including phenoxy) is 2. The average molecular weight is 287 g/mol. The van der Waals surface area contributed by atoms with Gasteiger partial charge in [-0.2, -0.15) is 0 Å². The van der Waals surface area contributed by atoms with Crippen LogP contribution >= 0.6 is 0 Å². The van der Waals surface area contributed by atoms with E-state index >= 15 is 0 Å². The molecule has 1 fully saturated rings. The predicted molar refractivity (Wildman–Crippen MR) is 76.4 cm³/mol. The van der Waals surface area contributed by atoms with Crippen molar-refractivity contribution in [2.24, 2.45) is 0 Å². The molecule has 0 spiro atoms. The molecule has 1 aliphatic rings. The number of benzene rings is 1. The van der Waals surface area contributed by atoms with Crippen molar-refractivity contribution in [1.82, 2.24) is 4.98 Å². The van der Waals surface area contributed by atoms with Crippen LogP contribution in [-0.4, -0.2) is 24.7 Å². The van der Waals surface area contributed by atoms with Crippen LogP contribution in [-0.2, 0) is 4.74 Å². The normalized spacial score (nSPS) is 14.0. The van der Waals surface area contributed by atoms with E-state index in [1.807, 2.05) is 24.3 Å². The van der Waals surface area contributed by atoms with Gasteiger partial charge >= 0.3 is 5.97 Å². The van der Waals surface area contributed by atoms with Crippen LogP contribution in [0, 0.1) is 0 Å². The molecule has 1 saturated carbocycles. The molecule has 110 valence electrons. The van der Waals surface area contributed by atoms with Crippen molar-refractivity contribution in [3.63, 3.8) is 0 Å². The third kappa shape index (κ3) is 2.77. The Morgan fingerprint density at radius 1 is 1.43 bits per heavy atom. The van der Waals surface area contributed by atoms with E-state index in [2.05, 4.69) is 4.98 Å². The number of oxazole rings is 1. The van der Waals surface area contributed by atoms with E-state index in [-0.39, 0.29) is 5.76 Å². The zero-order valence-corrected chi connectivity index (χ0v) is 12.1. The van der Waals surface area contributed by atoms with Gasteiger partial charge in [-0.3, -0.25) is 0 Å². The van der Waals surface area contributed by atoms with Crippen LogP contribution < -0.4 is 4.74 Å². The Kier molecular flexibility index (Phi) is 3.64. The maximum Gasteiger partial charge on any atom is 0.376 e. The predicted octanol–water partition coefficient (Wildman–Crippen LogP) is 3.40. The maximum absolute atomic E-state index is 12.0. The molecule has 1 heterocycles. The summed E-state index contributed by atoms with van der Waals surface area (Å²) in [6.45, 7) is 2.09. The third-order valence-electron chi connectivity index (χ3n) is 3.39. The highest BCUT2D eigenvalue weighted by molar-refractivity contribution is 5.88. The van der Waals surface area contributed by atoms with E-state index in [4.69, 9.17) is 13.9 Å². The molecule has 0 amide bonds. The van der Waals surface area contributed by atoms with E-state index in [0.717, 1.165) is 24.2 Å². The lowest BCUT2D eigenvalue weighted by atomic mass is 10.2. The van der Waals surface area contributed by atoms with Gasteiger partial charge in [0.2, 0.25) is 11.7 Å². The van der Waals surface area contributed by atoms with Crippen LogP contribution in [0.3, 0.4) is 0 Å². The first-order chi connectivity index (χ1) is 10.2. The van der Waals surface area contributed by atoms with Gasteiger partial charge in [0.1, 0.15) is 5.75 Å². The Morgan fingerprint density at radius 2 is 2.24 bits per heavy atom. The Labute approximate surface area is 122 Å². The van der Waals surface area contributed by atoms with Crippen LogP contribution in [0.1, 0.15) is 41.9 Å². The van der Waals surface area contributed by atoms with E-state index < -0.39 is 5.97 Å². The fourth-order valence-corrected chi connectivity index (χ4v) is 2.19. The molecule has 0 bridgehead atoms. The van der Waals surface area contributed by atoms with Gasteiger partial charge in [-0.25, -0.2) is 9.78 Å². The zero-order valence-electron chi connectivity index (χ0n) is 12.1. The van der Waals surface area contributed by atoms with E-state index in [1.165, 1.54) is 0 Å². The largest absolute Gasteiger partial charge is 0.497 e. The van der Waals surface area contributed by atoms with Crippen LogP contribution in [0.25, 0.3) is 11.5 Å². The van der Waals surface area contributed by atoms with Crippen molar-refractivity contribution < 1.29 is 18.7 Å². The monoisotopic (exact) mass is 287 g/mol. The summed E-state index contributed by atoms with van der Waals surface area (Å²) in [5.41, 5.74) is 1.50. The molecular formula is C16H17NO4. The Hall–Kier alpha value is -2.30. The molecule has 1 aliphatic carbocycles. The second kappa shape index (κ2) is 5.60. The second-order valence-corrected chi connectivity index (χ2v) is 4.96. The van der Waals surface area contributed by atoms with E-state index in [0.29, 0.717) is 24.1 Å². The fraction of sp³-hybridized carbons (Fsp3) is 0.375. The Bertz CT molecular complexity index is 658. The second-order valence-electron chi connectivity index (χ2n) is 4.96.